The highest BCUT2D eigenvalue weighted by molar-refractivity contribution is 7.03. The lowest BCUT2D eigenvalue weighted by atomic mass is 9.31. The first-order chi connectivity index (χ1) is 30.5. The van der Waals surface area contributed by atoms with Gasteiger partial charge >= 0.3 is 0 Å². The molecule has 5 heterocycles. The van der Waals surface area contributed by atoms with Crippen LogP contribution in [0.2, 0.25) is 0 Å². The van der Waals surface area contributed by atoms with Crippen LogP contribution in [0.4, 0.5) is 51.2 Å². The molecule has 6 aromatic rings. The van der Waals surface area contributed by atoms with Gasteiger partial charge in [-0.15, -0.1) is 0 Å². The first-order valence-corrected chi connectivity index (χ1v) is 24.3. The lowest BCUT2D eigenvalue weighted by Crippen LogP contribution is -2.65. The van der Waals surface area contributed by atoms with Crippen LogP contribution in [0.25, 0.3) is 0 Å². The Morgan fingerprint density at radius 3 is 1.06 bits per heavy atom. The maximum absolute atomic E-state index is 7.46. The van der Waals surface area contributed by atoms with Crippen molar-refractivity contribution in [2.24, 2.45) is 0 Å². The Hall–Kier alpha value is -5.62. The maximum atomic E-state index is 7.46. The van der Waals surface area contributed by atoms with Crippen LogP contribution in [-0.4, -0.2) is 6.71 Å². The first kappa shape index (κ1) is 43.0. The van der Waals surface area contributed by atoms with Gasteiger partial charge in [0.15, 0.2) is 23.0 Å². The molecule has 5 aliphatic heterocycles. The number of anilines is 9. The van der Waals surface area contributed by atoms with E-state index in [2.05, 4.69) is 224 Å². The van der Waals surface area contributed by atoms with E-state index in [1.54, 1.807) is 0 Å². The van der Waals surface area contributed by atoms with Crippen LogP contribution < -0.4 is 40.6 Å². The Bertz CT molecular complexity index is 2930. The molecule has 0 bridgehead atoms. The second-order valence-electron chi connectivity index (χ2n) is 26.1. The summed E-state index contributed by atoms with van der Waals surface area (Å²) in [5.41, 5.74) is 21.2. The maximum Gasteiger partial charge on any atom is 0.258 e. The van der Waals surface area contributed by atoms with Gasteiger partial charge in [0.05, 0.1) is 22.7 Å². The summed E-state index contributed by atoms with van der Waals surface area (Å²) in [6, 6.07) is 33.3. The van der Waals surface area contributed by atoms with Gasteiger partial charge in [-0.1, -0.05) is 149 Å². The molecule has 6 heteroatoms. The van der Waals surface area contributed by atoms with E-state index < -0.39 is 0 Å². The number of ether oxygens (including phenoxy) is 2. The van der Waals surface area contributed by atoms with Crippen LogP contribution >= 0.6 is 0 Å². The molecule has 0 aromatic heterocycles. The molecule has 0 saturated heterocycles. The molecule has 0 N–H and O–H groups in total. The number of hydrogen-bond donors (Lipinski definition) is 0. The summed E-state index contributed by atoms with van der Waals surface area (Å²) in [7, 11) is 0. The van der Waals surface area contributed by atoms with Gasteiger partial charge in [-0.2, -0.15) is 0 Å². The van der Waals surface area contributed by atoms with Crippen molar-refractivity contribution >= 4 is 74.3 Å². The van der Waals surface area contributed by atoms with Gasteiger partial charge in [0, 0.05) is 39.6 Å². The molecular weight excluding hydrogens is 805 g/mol. The summed E-state index contributed by atoms with van der Waals surface area (Å²) >= 11 is 0. The Morgan fingerprint density at radius 1 is 0.333 bits per heavy atom. The largest absolute Gasteiger partial charge is 0.453 e. The molecule has 0 amide bonds. The third kappa shape index (κ3) is 6.04. The van der Waals surface area contributed by atoms with Gasteiger partial charge in [0.2, 0.25) is 0 Å². The number of fused-ring (bicyclic) bond motifs is 6. The number of rotatable bonds is 1. The van der Waals surface area contributed by atoms with Crippen molar-refractivity contribution in [2.45, 2.75) is 157 Å². The van der Waals surface area contributed by atoms with Gasteiger partial charge < -0.3 is 24.2 Å². The van der Waals surface area contributed by atoms with E-state index in [0.29, 0.717) is 0 Å². The smallest absolute Gasteiger partial charge is 0.258 e. The van der Waals surface area contributed by atoms with E-state index >= 15 is 0 Å². The van der Waals surface area contributed by atoms with Crippen LogP contribution in [0.1, 0.15) is 158 Å². The fraction of sp³-hybridized carbons (Fsp3) is 0.400. The Labute approximate surface area is 395 Å². The SMILES string of the molecule is CC(C)(C)c1ccc(N2c3cc(C(C)(C)C)c4c5c3B3c6c(cc(C(C)(C)C)cc6N6c7ccc(C(C)(C)C)cc7Oc7c(C(C)(C)C)cc2c3c76)N5c2ccc(C(C)(C)C)cc2O4)cc1. The molecule has 5 aliphatic rings. The third-order valence-corrected chi connectivity index (χ3v) is 15.0. The molecule has 5 nitrogen and oxygen atoms in total. The number of nitrogens with zero attached hydrogens (tertiary/aromatic N) is 3. The summed E-state index contributed by atoms with van der Waals surface area (Å²) in [4.78, 5) is 7.79. The summed E-state index contributed by atoms with van der Waals surface area (Å²) in [5, 5.41) is 0. The quantitative estimate of drug-likeness (QED) is 0.153. The molecule has 0 atom stereocenters. The topological polar surface area (TPSA) is 28.2 Å². The number of hydrogen-bond acceptors (Lipinski definition) is 5. The molecule has 0 aliphatic carbocycles. The van der Waals surface area contributed by atoms with E-state index in [-0.39, 0.29) is 39.2 Å². The molecule has 11 rings (SSSR count). The summed E-state index contributed by atoms with van der Waals surface area (Å²) < 4.78 is 14.9. The fourth-order valence-electron chi connectivity index (χ4n) is 11.1. The van der Waals surface area contributed by atoms with Crippen molar-refractivity contribution in [3.05, 3.63) is 118 Å². The zero-order valence-corrected chi connectivity index (χ0v) is 42.8. The van der Waals surface area contributed by atoms with Gasteiger partial charge in [0.25, 0.3) is 6.71 Å². The van der Waals surface area contributed by atoms with E-state index in [0.717, 1.165) is 51.4 Å². The average molecular weight is 874 g/mol. The van der Waals surface area contributed by atoms with E-state index in [9.17, 15) is 0 Å². The minimum Gasteiger partial charge on any atom is -0.453 e. The molecule has 0 fully saturated rings. The molecule has 0 unspecified atom stereocenters. The molecule has 66 heavy (non-hydrogen) atoms. The fourth-order valence-corrected chi connectivity index (χ4v) is 11.1. The monoisotopic (exact) mass is 874 g/mol. The van der Waals surface area contributed by atoms with Crippen LogP contribution in [-0.2, 0) is 32.5 Å². The van der Waals surface area contributed by atoms with Crippen LogP contribution in [0.5, 0.6) is 23.0 Å². The second-order valence-corrected chi connectivity index (χ2v) is 26.1. The lowest BCUT2D eigenvalue weighted by molar-refractivity contribution is 0.448. The zero-order valence-electron chi connectivity index (χ0n) is 42.8. The Morgan fingerprint density at radius 2 is 0.697 bits per heavy atom. The first-order valence-electron chi connectivity index (χ1n) is 24.3. The summed E-state index contributed by atoms with van der Waals surface area (Å²) in [6.45, 7) is 41.6. The Balaban J connectivity index is 1.35. The lowest BCUT2D eigenvalue weighted by Gasteiger charge is -2.53. The molecule has 0 saturated carbocycles. The van der Waals surface area contributed by atoms with Gasteiger partial charge in [-0.05, 0) is 132 Å². The Kier molecular flexibility index (Phi) is 8.52. The van der Waals surface area contributed by atoms with Crippen LogP contribution in [0, 0.1) is 0 Å². The minimum absolute atomic E-state index is 0.0160. The molecular formula is C60H68BN3O2. The van der Waals surface area contributed by atoms with E-state index in [1.165, 1.54) is 72.5 Å². The predicted molar refractivity (Wildman–Crippen MR) is 281 cm³/mol. The summed E-state index contributed by atoms with van der Waals surface area (Å²) in [5.74, 6) is 3.72. The second kappa shape index (κ2) is 13.1. The highest BCUT2D eigenvalue weighted by Crippen LogP contribution is 2.63. The molecule has 6 aromatic carbocycles. The van der Waals surface area contributed by atoms with Gasteiger partial charge in [-0.3, -0.25) is 0 Å². The summed E-state index contributed by atoms with van der Waals surface area (Å²) in [6.07, 6.45) is 0. The zero-order chi connectivity index (χ0) is 47.3. The van der Waals surface area contributed by atoms with Crippen molar-refractivity contribution in [3.8, 4) is 23.0 Å². The van der Waals surface area contributed by atoms with Crippen molar-refractivity contribution < 1.29 is 9.47 Å². The number of benzene rings is 6. The van der Waals surface area contributed by atoms with Crippen molar-refractivity contribution in [3.63, 3.8) is 0 Å². The van der Waals surface area contributed by atoms with Crippen LogP contribution in [0.15, 0.2) is 84.9 Å². The third-order valence-electron chi connectivity index (χ3n) is 15.0. The molecule has 0 spiro atoms. The van der Waals surface area contributed by atoms with Crippen LogP contribution in [0.3, 0.4) is 0 Å². The highest BCUT2D eigenvalue weighted by atomic mass is 16.5. The van der Waals surface area contributed by atoms with E-state index in [4.69, 9.17) is 9.47 Å². The van der Waals surface area contributed by atoms with E-state index in [1.807, 2.05) is 0 Å². The molecule has 338 valence electrons. The average Bonchev–Trinajstić information content (AvgIpc) is 3.20. The van der Waals surface area contributed by atoms with Gasteiger partial charge in [-0.25, -0.2) is 0 Å². The van der Waals surface area contributed by atoms with Crippen molar-refractivity contribution in [1.82, 2.24) is 0 Å². The standard InChI is InChI=1S/C60H68BN3O2/c1-55(2,3)33-19-23-37(24-20-33)62-44-31-38(59(13,14)15)53-51-49(44)61-48-42(63(51)40-25-21-34(56(4,5)6)29-46(40)65-53)27-36(58(10,11)12)28-43(48)64-41-26-22-35(57(7,8)9)30-47(41)66-54-39(60(16,17)18)32-45(62)50(61)52(54)64/h19-32H,1-18H3. The normalized spacial score (nSPS) is 15.5. The minimum atomic E-state index is -0.244. The molecule has 0 radical (unpaired) electrons. The highest BCUT2D eigenvalue weighted by Gasteiger charge is 2.55. The predicted octanol–water partition coefficient (Wildman–Crippen LogP) is 15.5. The van der Waals surface area contributed by atoms with Crippen molar-refractivity contribution in [2.75, 3.05) is 14.7 Å². The van der Waals surface area contributed by atoms with Gasteiger partial charge in [0.1, 0.15) is 0 Å². The van der Waals surface area contributed by atoms with Crippen molar-refractivity contribution in [1.29, 1.82) is 0 Å².